The number of aliphatic hydroxyl groups excluding tert-OH is 1. The van der Waals surface area contributed by atoms with Crippen LogP contribution in [-0.4, -0.2) is 11.2 Å². The topological polar surface area (TPSA) is 46.2 Å². The van der Waals surface area contributed by atoms with E-state index in [0.717, 1.165) is 12.1 Å². The number of nitrogens with two attached hydrogens (primary N) is 1. The van der Waals surface area contributed by atoms with Gasteiger partial charge in [-0.25, -0.2) is 0 Å². The summed E-state index contributed by atoms with van der Waals surface area (Å²) in [5.41, 5.74) is 5.33. The molecule has 0 aliphatic rings. The highest BCUT2D eigenvalue weighted by molar-refractivity contribution is 5.85. The molecule has 3 N–H and O–H groups in total. The van der Waals surface area contributed by atoms with Crippen LogP contribution in [0.4, 0.5) is 13.2 Å². The third-order valence-electron chi connectivity index (χ3n) is 2.14. The van der Waals surface area contributed by atoms with Gasteiger partial charge >= 0.3 is 6.18 Å². The lowest BCUT2D eigenvalue weighted by molar-refractivity contribution is -0.137. The highest BCUT2D eigenvalue weighted by Crippen LogP contribution is 2.29. The van der Waals surface area contributed by atoms with Crippen molar-refractivity contribution in [3.05, 3.63) is 35.4 Å². The maximum Gasteiger partial charge on any atom is 0.416 e. The molecule has 6 heteroatoms. The fraction of sp³-hybridized carbons (Fsp3) is 0.400. The number of aliphatic hydroxyl groups is 1. The summed E-state index contributed by atoms with van der Waals surface area (Å²) >= 11 is 0. The van der Waals surface area contributed by atoms with Crippen molar-refractivity contribution in [3.8, 4) is 0 Å². The number of alkyl halides is 3. The van der Waals surface area contributed by atoms with E-state index in [-0.39, 0.29) is 12.4 Å². The Balaban J connectivity index is 0.00000225. The van der Waals surface area contributed by atoms with E-state index < -0.39 is 23.9 Å². The molecule has 2 nitrogen and oxygen atoms in total. The average molecular weight is 256 g/mol. The van der Waals surface area contributed by atoms with Gasteiger partial charge in [0.15, 0.2) is 0 Å². The number of benzene rings is 1. The summed E-state index contributed by atoms with van der Waals surface area (Å²) in [6, 6.07) is 3.81. The van der Waals surface area contributed by atoms with Gasteiger partial charge in [-0.3, -0.25) is 0 Å². The first-order valence-corrected chi connectivity index (χ1v) is 4.43. The van der Waals surface area contributed by atoms with Crippen molar-refractivity contribution in [2.24, 2.45) is 5.73 Å². The number of hydrogen-bond donors (Lipinski definition) is 2. The molecule has 1 rings (SSSR count). The van der Waals surface area contributed by atoms with Crippen molar-refractivity contribution in [1.82, 2.24) is 0 Å². The first kappa shape index (κ1) is 15.2. The minimum atomic E-state index is -4.34. The molecule has 0 aliphatic carbocycles. The van der Waals surface area contributed by atoms with Crippen LogP contribution in [0.5, 0.6) is 0 Å². The Kier molecular flexibility index (Phi) is 5.25. The average Bonchev–Trinajstić information content (AvgIpc) is 2.15. The van der Waals surface area contributed by atoms with Gasteiger partial charge in [-0.2, -0.15) is 13.2 Å². The van der Waals surface area contributed by atoms with Crippen LogP contribution in [0.25, 0.3) is 0 Å². The standard InChI is InChI=1S/C10H12F3NO.ClH/c1-6(15)9(14)7-2-4-8(5-3-7)10(11,12)13;/h2-6,9,15H,14H2,1H3;1H/t6-,9-;/m1./s1. The molecule has 1 aromatic rings. The largest absolute Gasteiger partial charge is 0.416 e. The summed E-state index contributed by atoms with van der Waals surface area (Å²) in [6.45, 7) is 1.49. The Hall–Kier alpha value is -0.780. The molecule has 0 bridgehead atoms. The lowest BCUT2D eigenvalue weighted by atomic mass is 10.0. The fourth-order valence-corrected chi connectivity index (χ4v) is 1.17. The summed E-state index contributed by atoms with van der Waals surface area (Å²) in [6.07, 6.45) is -5.13. The SMILES string of the molecule is C[C@@H](O)[C@@H](N)c1ccc(C(F)(F)F)cc1.Cl. The Labute approximate surface area is 97.7 Å². The first-order valence-electron chi connectivity index (χ1n) is 4.43. The van der Waals surface area contributed by atoms with E-state index in [9.17, 15) is 13.2 Å². The minimum Gasteiger partial charge on any atom is -0.391 e. The Morgan fingerprint density at radius 3 is 1.94 bits per heavy atom. The van der Waals surface area contributed by atoms with Gasteiger partial charge in [-0.15, -0.1) is 12.4 Å². The van der Waals surface area contributed by atoms with Crippen LogP contribution < -0.4 is 5.73 Å². The predicted molar refractivity (Wildman–Crippen MR) is 57.3 cm³/mol. The van der Waals surface area contributed by atoms with Crippen LogP contribution >= 0.6 is 12.4 Å². The second-order valence-electron chi connectivity index (χ2n) is 3.39. The highest BCUT2D eigenvalue weighted by atomic mass is 35.5. The van der Waals surface area contributed by atoms with Crippen LogP contribution in [0.3, 0.4) is 0 Å². The minimum absolute atomic E-state index is 0. The number of halogens is 4. The monoisotopic (exact) mass is 255 g/mol. The molecule has 16 heavy (non-hydrogen) atoms. The third-order valence-corrected chi connectivity index (χ3v) is 2.14. The van der Waals surface area contributed by atoms with Crippen LogP contribution in [0.2, 0.25) is 0 Å². The molecule has 0 aromatic heterocycles. The molecular weight excluding hydrogens is 243 g/mol. The van der Waals surface area contributed by atoms with E-state index in [1.165, 1.54) is 19.1 Å². The second-order valence-corrected chi connectivity index (χ2v) is 3.39. The summed E-state index contributed by atoms with van der Waals surface area (Å²) in [7, 11) is 0. The maximum atomic E-state index is 12.2. The van der Waals surface area contributed by atoms with Crippen molar-refractivity contribution in [2.75, 3.05) is 0 Å². The van der Waals surface area contributed by atoms with Crippen molar-refractivity contribution in [3.63, 3.8) is 0 Å². The number of rotatable bonds is 2. The van der Waals surface area contributed by atoms with Crippen LogP contribution in [0.1, 0.15) is 24.1 Å². The molecule has 0 saturated heterocycles. The Bertz CT molecular complexity index is 324. The Morgan fingerprint density at radius 1 is 1.19 bits per heavy atom. The summed E-state index contributed by atoms with van der Waals surface area (Å²) in [5.74, 6) is 0. The smallest absolute Gasteiger partial charge is 0.391 e. The second kappa shape index (κ2) is 5.52. The van der Waals surface area contributed by atoms with Crippen molar-refractivity contribution in [2.45, 2.75) is 25.2 Å². The van der Waals surface area contributed by atoms with Crippen LogP contribution in [0, 0.1) is 0 Å². The number of hydrogen-bond acceptors (Lipinski definition) is 2. The zero-order chi connectivity index (χ0) is 11.6. The Morgan fingerprint density at radius 2 is 1.62 bits per heavy atom. The highest BCUT2D eigenvalue weighted by Gasteiger charge is 2.30. The molecule has 0 amide bonds. The van der Waals surface area contributed by atoms with Crippen molar-refractivity contribution < 1.29 is 18.3 Å². The van der Waals surface area contributed by atoms with E-state index >= 15 is 0 Å². The molecule has 1 aromatic carbocycles. The molecule has 0 spiro atoms. The molecule has 0 unspecified atom stereocenters. The maximum absolute atomic E-state index is 12.2. The van der Waals surface area contributed by atoms with Gasteiger partial charge in [0.2, 0.25) is 0 Å². The third kappa shape index (κ3) is 3.66. The van der Waals surface area contributed by atoms with Gasteiger partial charge in [0.25, 0.3) is 0 Å². The normalized spacial score (nSPS) is 15.1. The first-order chi connectivity index (χ1) is 6.82. The predicted octanol–water partition coefficient (Wildman–Crippen LogP) is 2.51. The lowest BCUT2D eigenvalue weighted by Gasteiger charge is -2.15. The summed E-state index contributed by atoms with van der Waals surface area (Å²) < 4.78 is 36.6. The molecule has 0 radical (unpaired) electrons. The van der Waals surface area contributed by atoms with Gasteiger partial charge in [0, 0.05) is 0 Å². The van der Waals surface area contributed by atoms with Gasteiger partial charge in [0.05, 0.1) is 17.7 Å². The molecular formula is C10H13ClF3NO. The molecule has 0 fully saturated rings. The zero-order valence-electron chi connectivity index (χ0n) is 8.53. The molecule has 0 aliphatic heterocycles. The zero-order valence-corrected chi connectivity index (χ0v) is 9.35. The van der Waals surface area contributed by atoms with Crippen LogP contribution in [0.15, 0.2) is 24.3 Å². The van der Waals surface area contributed by atoms with Crippen molar-refractivity contribution in [1.29, 1.82) is 0 Å². The molecule has 92 valence electrons. The van der Waals surface area contributed by atoms with Crippen LogP contribution in [-0.2, 0) is 6.18 Å². The van der Waals surface area contributed by atoms with Gasteiger partial charge in [-0.1, -0.05) is 12.1 Å². The van der Waals surface area contributed by atoms with E-state index in [2.05, 4.69) is 0 Å². The van der Waals surface area contributed by atoms with Gasteiger partial charge in [0.1, 0.15) is 0 Å². The van der Waals surface area contributed by atoms with Crippen molar-refractivity contribution >= 4 is 12.4 Å². The summed E-state index contributed by atoms with van der Waals surface area (Å²) in [4.78, 5) is 0. The van der Waals surface area contributed by atoms with E-state index in [1.54, 1.807) is 0 Å². The van der Waals surface area contributed by atoms with Gasteiger partial charge in [-0.05, 0) is 24.6 Å². The summed E-state index contributed by atoms with van der Waals surface area (Å²) in [5, 5.41) is 9.16. The van der Waals surface area contributed by atoms with Gasteiger partial charge < -0.3 is 10.8 Å². The van der Waals surface area contributed by atoms with E-state index in [1.807, 2.05) is 0 Å². The van der Waals surface area contributed by atoms with E-state index in [4.69, 9.17) is 10.8 Å². The molecule has 0 heterocycles. The van der Waals surface area contributed by atoms with E-state index in [0.29, 0.717) is 5.56 Å². The molecule has 2 atom stereocenters. The quantitative estimate of drug-likeness (QED) is 0.853. The lowest BCUT2D eigenvalue weighted by Crippen LogP contribution is -2.23. The molecule has 0 saturated carbocycles. The fourth-order valence-electron chi connectivity index (χ4n) is 1.17.